The molecule has 2 aliphatic heterocycles. The molecule has 2 heterocycles. The molecular formula is C28H26FN3O2. The lowest BCUT2D eigenvalue weighted by atomic mass is 9.99. The largest absolute Gasteiger partial charge is 0.372 e. The van der Waals surface area contributed by atoms with Gasteiger partial charge in [-0.15, -0.1) is 0 Å². The first-order valence-corrected chi connectivity index (χ1v) is 11.5. The van der Waals surface area contributed by atoms with Crippen LogP contribution in [0.3, 0.4) is 0 Å². The zero-order chi connectivity index (χ0) is 23.8. The van der Waals surface area contributed by atoms with Crippen molar-refractivity contribution < 1.29 is 14.0 Å². The highest BCUT2D eigenvalue weighted by molar-refractivity contribution is 6.46. The van der Waals surface area contributed by atoms with Crippen LogP contribution in [0.2, 0.25) is 0 Å². The minimum absolute atomic E-state index is 0.0555. The molecule has 1 N–H and O–H groups in total. The summed E-state index contributed by atoms with van der Waals surface area (Å²) >= 11 is 0. The van der Waals surface area contributed by atoms with Crippen molar-refractivity contribution in [3.05, 3.63) is 94.9 Å². The lowest BCUT2D eigenvalue weighted by Crippen LogP contribution is -2.33. The third kappa shape index (κ3) is 3.85. The number of para-hydroxylation sites is 1. The summed E-state index contributed by atoms with van der Waals surface area (Å²) in [5.74, 6) is -1.75. The predicted octanol–water partition coefficient (Wildman–Crippen LogP) is 5.44. The highest BCUT2D eigenvalue weighted by Crippen LogP contribution is 2.35. The Morgan fingerprint density at radius 2 is 1.53 bits per heavy atom. The van der Waals surface area contributed by atoms with E-state index in [2.05, 4.69) is 10.2 Å². The van der Waals surface area contributed by atoms with Gasteiger partial charge in [-0.05, 0) is 79.8 Å². The highest BCUT2D eigenvalue weighted by atomic mass is 19.1. The Balaban J connectivity index is 1.55. The third-order valence-corrected chi connectivity index (χ3v) is 6.58. The van der Waals surface area contributed by atoms with Gasteiger partial charge in [-0.25, -0.2) is 9.29 Å². The first-order chi connectivity index (χ1) is 16.4. The van der Waals surface area contributed by atoms with Crippen LogP contribution in [-0.4, -0.2) is 24.9 Å². The van der Waals surface area contributed by atoms with Gasteiger partial charge >= 0.3 is 0 Å². The van der Waals surface area contributed by atoms with Crippen LogP contribution < -0.4 is 15.1 Å². The number of nitrogens with zero attached hydrogens (tertiary/aromatic N) is 2. The molecule has 172 valence electrons. The van der Waals surface area contributed by atoms with Crippen molar-refractivity contribution in [2.24, 2.45) is 0 Å². The summed E-state index contributed by atoms with van der Waals surface area (Å²) in [5.41, 5.74) is 4.86. The fourth-order valence-corrected chi connectivity index (χ4v) is 4.54. The Hall–Kier alpha value is -3.93. The average Bonchev–Trinajstić information content (AvgIpc) is 3.45. The van der Waals surface area contributed by atoms with Gasteiger partial charge in [0.1, 0.15) is 11.5 Å². The number of halogens is 1. The van der Waals surface area contributed by atoms with Crippen molar-refractivity contribution in [1.29, 1.82) is 0 Å². The van der Waals surface area contributed by atoms with E-state index in [-0.39, 0.29) is 17.0 Å². The SMILES string of the molecule is Cc1ccc(C2=C(Nc3ccc(N4CCCC4)cc3)C(=O)N(c3ccccc3F)C2=O)cc1C. The number of rotatable bonds is 5. The molecule has 0 bridgehead atoms. The Morgan fingerprint density at radius 3 is 2.21 bits per heavy atom. The molecule has 0 radical (unpaired) electrons. The molecule has 3 aromatic carbocycles. The number of carbonyl (C=O) groups excluding carboxylic acids is 2. The van der Waals surface area contributed by atoms with E-state index in [1.165, 1.54) is 31.0 Å². The monoisotopic (exact) mass is 455 g/mol. The molecule has 2 amide bonds. The second-order valence-corrected chi connectivity index (χ2v) is 8.81. The lowest BCUT2D eigenvalue weighted by Gasteiger charge is -2.18. The zero-order valence-electron chi connectivity index (χ0n) is 19.3. The van der Waals surface area contributed by atoms with Crippen molar-refractivity contribution in [1.82, 2.24) is 0 Å². The molecule has 5 rings (SSSR count). The van der Waals surface area contributed by atoms with Crippen molar-refractivity contribution in [2.75, 3.05) is 28.2 Å². The van der Waals surface area contributed by atoms with Crippen LogP contribution in [0.5, 0.6) is 0 Å². The number of aryl methyl sites for hydroxylation is 2. The van der Waals surface area contributed by atoms with Crippen LogP contribution in [0, 0.1) is 19.7 Å². The molecule has 0 unspecified atom stereocenters. The van der Waals surface area contributed by atoms with E-state index in [1.54, 1.807) is 6.07 Å². The lowest BCUT2D eigenvalue weighted by molar-refractivity contribution is -0.120. The molecule has 0 atom stereocenters. The van der Waals surface area contributed by atoms with E-state index < -0.39 is 17.6 Å². The summed E-state index contributed by atoms with van der Waals surface area (Å²) in [4.78, 5) is 30.3. The van der Waals surface area contributed by atoms with Gasteiger partial charge in [-0.3, -0.25) is 9.59 Å². The molecule has 0 aliphatic carbocycles. The fourth-order valence-electron chi connectivity index (χ4n) is 4.54. The minimum Gasteiger partial charge on any atom is -0.372 e. The normalized spacial score (nSPS) is 16.1. The fraction of sp³-hybridized carbons (Fsp3) is 0.214. The molecule has 0 aromatic heterocycles. The molecule has 0 spiro atoms. The maximum Gasteiger partial charge on any atom is 0.282 e. The summed E-state index contributed by atoms with van der Waals surface area (Å²) in [6.45, 7) is 6.03. The summed E-state index contributed by atoms with van der Waals surface area (Å²) in [5, 5.41) is 3.17. The van der Waals surface area contributed by atoms with E-state index in [0.717, 1.165) is 34.8 Å². The molecule has 2 aliphatic rings. The molecule has 3 aromatic rings. The van der Waals surface area contributed by atoms with Crippen LogP contribution in [0.15, 0.2) is 72.4 Å². The van der Waals surface area contributed by atoms with Crippen molar-refractivity contribution in [3.63, 3.8) is 0 Å². The number of nitrogens with one attached hydrogen (secondary N) is 1. The van der Waals surface area contributed by atoms with Crippen LogP contribution >= 0.6 is 0 Å². The van der Waals surface area contributed by atoms with Crippen LogP contribution in [0.1, 0.15) is 29.5 Å². The second-order valence-electron chi connectivity index (χ2n) is 8.81. The van der Waals surface area contributed by atoms with Crippen LogP contribution in [-0.2, 0) is 9.59 Å². The second kappa shape index (κ2) is 8.78. The predicted molar refractivity (Wildman–Crippen MR) is 133 cm³/mol. The standard InChI is InChI=1S/C28H26FN3O2/c1-18-9-10-20(17-19(18)2)25-26(28(34)32(27(25)33)24-8-4-3-7-23(24)29)30-21-11-13-22(14-12-21)31-15-5-6-16-31/h3-4,7-14,17,30H,5-6,15-16H2,1-2H3. The topological polar surface area (TPSA) is 52.7 Å². The van der Waals surface area contributed by atoms with Crippen LogP contribution in [0.4, 0.5) is 21.5 Å². The van der Waals surface area contributed by atoms with Crippen molar-refractivity contribution >= 4 is 34.4 Å². The van der Waals surface area contributed by atoms with Gasteiger partial charge in [-0.1, -0.05) is 30.3 Å². The average molecular weight is 456 g/mol. The molecule has 34 heavy (non-hydrogen) atoms. The number of anilines is 3. The highest BCUT2D eigenvalue weighted by Gasteiger charge is 2.41. The molecule has 1 saturated heterocycles. The van der Waals surface area contributed by atoms with Crippen molar-refractivity contribution in [3.8, 4) is 0 Å². The van der Waals surface area contributed by atoms with Gasteiger partial charge in [-0.2, -0.15) is 0 Å². The Labute approximate surface area is 198 Å². The summed E-state index contributed by atoms with van der Waals surface area (Å²) in [7, 11) is 0. The van der Waals surface area contributed by atoms with Gasteiger partial charge in [0.2, 0.25) is 0 Å². The quantitative estimate of drug-likeness (QED) is 0.521. The van der Waals surface area contributed by atoms with E-state index >= 15 is 0 Å². The number of hydrogen-bond acceptors (Lipinski definition) is 4. The molecule has 5 nitrogen and oxygen atoms in total. The first-order valence-electron chi connectivity index (χ1n) is 11.5. The van der Waals surface area contributed by atoms with Gasteiger partial charge in [0.05, 0.1) is 11.3 Å². The molecule has 6 heteroatoms. The van der Waals surface area contributed by atoms with Gasteiger partial charge in [0.15, 0.2) is 0 Å². The minimum atomic E-state index is -0.625. The molecule has 1 fully saturated rings. The maximum absolute atomic E-state index is 14.6. The Kier molecular flexibility index (Phi) is 5.65. The summed E-state index contributed by atoms with van der Waals surface area (Å²) < 4.78 is 14.6. The van der Waals surface area contributed by atoms with E-state index in [1.807, 2.05) is 56.3 Å². The number of benzene rings is 3. The molecular weight excluding hydrogens is 429 g/mol. The van der Waals surface area contributed by atoms with Gasteiger partial charge in [0, 0.05) is 24.5 Å². The number of hydrogen-bond donors (Lipinski definition) is 1. The molecule has 0 saturated carbocycles. The van der Waals surface area contributed by atoms with Crippen LogP contribution in [0.25, 0.3) is 5.57 Å². The van der Waals surface area contributed by atoms with Crippen molar-refractivity contribution in [2.45, 2.75) is 26.7 Å². The zero-order valence-corrected chi connectivity index (χ0v) is 19.3. The summed E-state index contributed by atoms with van der Waals surface area (Å²) in [6.07, 6.45) is 2.38. The van der Waals surface area contributed by atoms with Gasteiger partial charge < -0.3 is 10.2 Å². The Morgan fingerprint density at radius 1 is 0.824 bits per heavy atom. The van der Waals surface area contributed by atoms with E-state index in [4.69, 9.17) is 0 Å². The third-order valence-electron chi connectivity index (χ3n) is 6.58. The summed E-state index contributed by atoms with van der Waals surface area (Å²) in [6, 6.07) is 19.3. The van der Waals surface area contributed by atoms with Gasteiger partial charge in [0.25, 0.3) is 11.8 Å². The van der Waals surface area contributed by atoms with E-state index in [9.17, 15) is 14.0 Å². The van der Waals surface area contributed by atoms with E-state index in [0.29, 0.717) is 11.3 Å². The number of amides is 2. The Bertz CT molecular complexity index is 1310. The first kappa shape index (κ1) is 21.9. The smallest absolute Gasteiger partial charge is 0.282 e. The maximum atomic E-state index is 14.6. The number of carbonyl (C=O) groups is 2. The number of imide groups is 1.